The third-order valence-corrected chi connectivity index (χ3v) is 6.01. The van der Waals surface area contributed by atoms with E-state index in [1.165, 1.54) is 12.1 Å². The number of nitrogens with zero attached hydrogens (tertiary/aromatic N) is 5. The summed E-state index contributed by atoms with van der Waals surface area (Å²) in [6, 6.07) is 2.34. The molecule has 1 amide bonds. The second kappa shape index (κ2) is 13.9. The van der Waals surface area contributed by atoms with Gasteiger partial charge in [0.15, 0.2) is 11.6 Å². The van der Waals surface area contributed by atoms with Crippen molar-refractivity contribution in [3.05, 3.63) is 53.4 Å². The minimum Gasteiger partial charge on any atom is -0.390 e. The number of hydrogen-bond acceptors (Lipinski definition) is 7. The summed E-state index contributed by atoms with van der Waals surface area (Å²) in [6.45, 7) is 8.69. The van der Waals surface area contributed by atoms with Crippen LogP contribution in [0.2, 0.25) is 0 Å². The zero-order valence-corrected chi connectivity index (χ0v) is 22.6. The lowest BCUT2D eigenvalue weighted by Gasteiger charge is -2.36. The van der Waals surface area contributed by atoms with Gasteiger partial charge < -0.3 is 22.1 Å². The molecule has 0 unspecified atom stereocenters. The molecular weight excluding hydrogens is 535 g/mol. The minimum atomic E-state index is -4.52. The molecule has 14 heteroatoms. The number of aliphatic imine (C=N–C) groups is 1. The number of carbonyl (C=O) groups excluding carboxylic acids is 1. The van der Waals surface area contributed by atoms with Gasteiger partial charge in [-0.3, -0.25) is 9.78 Å². The van der Waals surface area contributed by atoms with Crippen molar-refractivity contribution in [2.24, 2.45) is 22.4 Å². The van der Waals surface area contributed by atoms with Crippen molar-refractivity contribution in [3.63, 3.8) is 0 Å². The first-order chi connectivity index (χ1) is 18.8. The second-order valence-electron chi connectivity index (χ2n) is 8.95. The number of piperidine rings is 1. The van der Waals surface area contributed by atoms with Crippen LogP contribution in [0.5, 0.6) is 0 Å². The Bertz CT molecular complexity index is 1320. The molecule has 218 valence electrons. The molecule has 9 nitrogen and oxygen atoms in total. The highest BCUT2D eigenvalue weighted by Gasteiger charge is 2.38. The average molecular weight is 569 g/mol. The maximum absolute atomic E-state index is 13.4. The number of alkyl halides is 3. The number of amides is 1. The molecule has 0 saturated carbocycles. The monoisotopic (exact) mass is 568 g/mol. The maximum atomic E-state index is 13.4. The number of halogens is 5. The number of nitrogen functional groups attached to an aromatic ring is 1. The van der Waals surface area contributed by atoms with Gasteiger partial charge in [0, 0.05) is 24.8 Å². The Morgan fingerprint density at radius 1 is 1.15 bits per heavy atom. The predicted octanol–water partition coefficient (Wildman–Crippen LogP) is 5.04. The molecule has 0 radical (unpaired) electrons. The molecule has 3 heterocycles. The fraction of sp³-hybridized carbons (Fsp3) is 0.423. The number of benzene rings is 1. The van der Waals surface area contributed by atoms with E-state index in [2.05, 4.69) is 26.9 Å². The van der Waals surface area contributed by atoms with E-state index in [0.717, 1.165) is 31.4 Å². The molecule has 3 atom stereocenters. The molecule has 1 aliphatic rings. The van der Waals surface area contributed by atoms with Crippen LogP contribution in [0.15, 0.2) is 35.5 Å². The van der Waals surface area contributed by atoms with Gasteiger partial charge >= 0.3 is 6.18 Å². The summed E-state index contributed by atoms with van der Waals surface area (Å²) in [7, 11) is 0. The summed E-state index contributed by atoms with van der Waals surface area (Å²) in [5.41, 5.74) is 15.5. The molecule has 1 fully saturated rings. The van der Waals surface area contributed by atoms with E-state index in [-0.39, 0.29) is 45.9 Å². The number of aromatic nitrogens is 3. The van der Waals surface area contributed by atoms with Crippen LogP contribution in [0, 0.1) is 17.6 Å². The van der Waals surface area contributed by atoms with E-state index >= 15 is 0 Å². The van der Waals surface area contributed by atoms with Gasteiger partial charge in [0.2, 0.25) is 5.95 Å². The SMILES string of the molecule is CC.C[C@@H]1CC[C@H](C)N(C(=O)c2ccc([C@@H](N)C(F)(F)F)cn2)C1.NC=Nc1nc(N)nc2c(F)cc(F)cc12. The second-order valence-corrected chi connectivity index (χ2v) is 8.95. The highest BCUT2D eigenvalue weighted by Crippen LogP contribution is 2.30. The van der Waals surface area contributed by atoms with Crippen LogP contribution in [-0.4, -0.2) is 50.9 Å². The first kappa shape index (κ1) is 32.3. The van der Waals surface area contributed by atoms with Gasteiger partial charge in [0.1, 0.15) is 23.1 Å². The molecule has 4 rings (SSSR count). The lowest BCUT2D eigenvalue weighted by Crippen LogP contribution is -2.45. The van der Waals surface area contributed by atoms with Crippen LogP contribution in [-0.2, 0) is 0 Å². The molecule has 1 aliphatic heterocycles. The number of fused-ring (bicyclic) bond motifs is 1. The van der Waals surface area contributed by atoms with Crippen LogP contribution in [0.25, 0.3) is 10.9 Å². The Kier molecular flexibility index (Phi) is 11.2. The zero-order chi connectivity index (χ0) is 30.2. The molecule has 0 bridgehead atoms. The van der Waals surface area contributed by atoms with Gasteiger partial charge in [-0.2, -0.15) is 18.2 Å². The molecule has 0 spiro atoms. The van der Waals surface area contributed by atoms with Crippen LogP contribution in [0.1, 0.15) is 62.6 Å². The third-order valence-electron chi connectivity index (χ3n) is 6.01. The van der Waals surface area contributed by atoms with Crippen molar-refractivity contribution in [1.82, 2.24) is 19.9 Å². The van der Waals surface area contributed by atoms with Crippen molar-refractivity contribution < 1.29 is 26.7 Å². The van der Waals surface area contributed by atoms with Crippen molar-refractivity contribution >= 4 is 34.9 Å². The molecule has 1 saturated heterocycles. The molecule has 40 heavy (non-hydrogen) atoms. The van der Waals surface area contributed by atoms with Gasteiger partial charge in [0.25, 0.3) is 5.91 Å². The van der Waals surface area contributed by atoms with Gasteiger partial charge in [-0.05, 0) is 43.4 Å². The number of likely N-dealkylation sites (tertiary alicyclic amines) is 1. The Balaban J connectivity index is 0.000000275. The van der Waals surface area contributed by atoms with Gasteiger partial charge in [-0.15, -0.1) is 0 Å². The normalized spacial score (nSPS) is 18.0. The van der Waals surface area contributed by atoms with E-state index in [1.807, 2.05) is 20.8 Å². The largest absolute Gasteiger partial charge is 0.407 e. The number of anilines is 1. The van der Waals surface area contributed by atoms with Crippen molar-refractivity contribution in [2.45, 2.75) is 58.8 Å². The number of carbonyl (C=O) groups is 1. The number of nitrogens with two attached hydrogens (primary N) is 3. The highest BCUT2D eigenvalue weighted by atomic mass is 19.4. The summed E-state index contributed by atoms with van der Waals surface area (Å²) in [5, 5.41) is 0.119. The Morgan fingerprint density at radius 2 is 1.82 bits per heavy atom. The molecule has 6 N–H and O–H groups in total. The van der Waals surface area contributed by atoms with Crippen molar-refractivity contribution in [2.75, 3.05) is 12.3 Å². The lowest BCUT2D eigenvalue weighted by molar-refractivity contribution is -0.149. The predicted molar refractivity (Wildman–Crippen MR) is 144 cm³/mol. The molecule has 0 aliphatic carbocycles. The lowest BCUT2D eigenvalue weighted by atomic mass is 9.94. The quantitative estimate of drug-likeness (QED) is 0.228. The topological polar surface area (TPSA) is 149 Å². The van der Waals surface area contributed by atoms with E-state index in [1.54, 1.807) is 4.90 Å². The first-order valence-electron chi connectivity index (χ1n) is 12.6. The van der Waals surface area contributed by atoms with Crippen LogP contribution in [0.3, 0.4) is 0 Å². The molecule has 2 aromatic heterocycles. The number of pyridine rings is 1. The van der Waals surface area contributed by atoms with Crippen LogP contribution >= 0.6 is 0 Å². The van der Waals surface area contributed by atoms with Crippen molar-refractivity contribution in [3.8, 4) is 0 Å². The maximum Gasteiger partial charge on any atom is 0.407 e. The first-order valence-corrected chi connectivity index (χ1v) is 12.6. The highest BCUT2D eigenvalue weighted by molar-refractivity contribution is 5.92. The van der Waals surface area contributed by atoms with Crippen molar-refractivity contribution in [1.29, 1.82) is 0 Å². The Morgan fingerprint density at radius 3 is 2.40 bits per heavy atom. The van der Waals surface area contributed by atoms with Gasteiger partial charge in [0.05, 0.1) is 11.7 Å². The van der Waals surface area contributed by atoms with Crippen LogP contribution < -0.4 is 17.2 Å². The van der Waals surface area contributed by atoms with E-state index in [4.69, 9.17) is 17.2 Å². The van der Waals surface area contributed by atoms with E-state index < -0.39 is 23.9 Å². The fourth-order valence-electron chi connectivity index (χ4n) is 3.95. The Labute approximate surface area is 228 Å². The molecule has 3 aromatic rings. The number of hydrogen-bond donors (Lipinski definition) is 3. The number of rotatable bonds is 3. The van der Waals surface area contributed by atoms with E-state index in [0.29, 0.717) is 18.5 Å². The summed E-state index contributed by atoms with van der Waals surface area (Å²) < 4.78 is 64.0. The summed E-state index contributed by atoms with van der Waals surface area (Å²) in [5.74, 6) is -1.52. The van der Waals surface area contributed by atoms with Gasteiger partial charge in [-0.25, -0.2) is 18.8 Å². The fourth-order valence-corrected chi connectivity index (χ4v) is 3.95. The average Bonchev–Trinajstić information content (AvgIpc) is 2.91. The smallest absolute Gasteiger partial charge is 0.390 e. The van der Waals surface area contributed by atoms with Crippen LogP contribution in [0.4, 0.5) is 33.7 Å². The summed E-state index contributed by atoms with van der Waals surface area (Å²) in [4.78, 5) is 29.1. The van der Waals surface area contributed by atoms with E-state index in [9.17, 15) is 26.7 Å². The molecular formula is C26H33F5N8O. The Hall–Kier alpha value is -3.94. The standard InChI is InChI=1S/C15H20F3N3O.C9H7F2N5.C2H6/c1-9-3-4-10(2)21(8-9)14(22)12-6-5-11(7-20-12)13(19)15(16,17)18;10-4-1-5-7(6(11)2-4)15-9(13)16-8(5)14-3-12;1-2/h5-7,9-10,13H,3-4,8,19H2,1-2H3;1-3H,(H4,12,13,14,15,16);1-2H3/t9-,10+,13-;;/m1../s1. The minimum absolute atomic E-state index is 0.0309. The summed E-state index contributed by atoms with van der Waals surface area (Å²) >= 11 is 0. The summed E-state index contributed by atoms with van der Waals surface area (Å²) in [6.07, 6.45) is -0.542. The molecule has 1 aromatic carbocycles. The third kappa shape index (κ3) is 8.04. The zero-order valence-electron chi connectivity index (χ0n) is 22.6. The van der Waals surface area contributed by atoms with Gasteiger partial charge in [-0.1, -0.05) is 26.8 Å².